The van der Waals surface area contributed by atoms with Crippen molar-refractivity contribution < 1.29 is 31.5 Å². The minimum Gasteiger partial charge on any atom is -0.485 e. The lowest BCUT2D eigenvalue weighted by Gasteiger charge is -2.36. The number of morpholine rings is 1. The summed E-state index contributed by atoms with van der Waals surface area (Å²) in [6.07, 6.45) is 1.82. The molecule has 1 fully saturated rings. The van der Waals surface area contributed by atoms with E-state index in [4.69, 9.17) is 19.4 Å². The fraction of sp³-hybridized carbons (Fsp3) is 0.310. The Morgan fingerprint density at radius 1 is 1.07 bits per heavy atom. The number of nitrogens with one attached hydrogen (secondary N) is 1. The number of alkyl halides is 1. The molecule has 0 unspecified atom stereocenters. The zero-order chi connectivity index (χ0) is 29.6. The first-order valence-electron chi connectivity index (χ1n) is 13.3. The molecule has 4 aromatic rings. The number of hydrogen-bond acceptors (Lipinski definition) is 9. The number of aromatic nitrogens is 3. The standard InChI is InChI=1S/C29H27F2N5O5S/c1-16-13-36(14-17(2)41-16)27-5-3-4-22(35-27)23-7-6-18-11-32-20(10-24(18)34-23)12-33-29(37)19-8-21(30)28-25(9-19)42(38,39)26(31)15-40-28/h3-11,16-17,26H,12-15H2,1-2H3,(H,33,37)/t16-,17+,26-/m1/s1. The van der Waals surface area contributed by atoms with Crippen molar-refractivity contribution in [2.75, 3.05) is 24.6 Å². The van der Waals surface area contributed by atoms with Crippen LogP contribution in [0.15, 0.2) is 59.6 Å². The molecule has 1 amide bonds. The van der Waals surface area contributed by atoms with Crippen molar-refractivity contribution >= 4 is 32.5 Å². The number of nitrogens with zero attached hydrogens (tertiary/aromatic N) is 4. The molecule has 0 spiro atoms. The number of fused-ring (bicyclic) bond motifs is 2. The van der Waals surface area contributed by atoms with Crippen LogP contribution in [-0.4, -0.2) is 66.7 Å². The summed E-state index contributed by atoms with van der Waals surface area (Å²) in [5.41, 5.74) is -0.160. The van der Waals surface area contributed by atoms with Gasteiger partial charge in [0.05, 0.1) is 41.4 Å². The third kappa shape index (κ3) is 5.37. The fourth-order valence-corrected chi connectivity index (χ4v) is 6.33. The molecule has 42 heavy (non-hydrogen) atoms. The summed E-state index contributed by atoms with van der Waals surface area (Å²) in [5, 5.41) is 3.38. The van der Waals surface area contributed by atoms with Gasteiger partial charge in [0.2, 0.25) is 15.3 Å². The van der Waals surface area contributed by atoms with Crippen LogP contribution in [0, 0.1) is 5.82 Å². The van der Waals surface area contributed by atoms with Gasteiger partial charge < -0.3 is 19.7 Å². The van der Waals surface area contributed by atoms with Gasteiger partial charge in [-0.15, -0.1) is 0 Å². The zero-order valence-corrected chi connectivity index (χ0v) is 23.6. The molecule has 10 nitrogen and oxygen atoms in total. The quantitative estimate of drug-likeness (QED) is 0.367. The van der Waals surface area contributed by atoms with Gasteiger partial charge in [-0.3, -0.25) is 9.78 Å². The lowest BCUT2D eigenvalue weighted by molar-refractivity contribution is -0.00545. The van der Waals surface area contributed by atoms with Crippen molar-refractivity contribution in [3.63, 3.8) is 0 Å². The predicted molar refractivity (Wildman–Crippen MR) is 150 cm³/mol. The van der Waals surface area contributed by atoms with Crippen molar-refractivity contribution in [1.29, 1.82) is 0 Å². The summed E-state index contributed by atoms with van der Waals surface area (Å²) in [6.45, 7) is 4.70. The maximum Gasteiger partial charge on any atom is 0.251 e. The van der Waals surface area contributed by atoms with Crippen LogP contribution in [0.5, 0.6) is 5.75 Å². The number of benzene rings is 1. The van der Waals surface area contributed by atoms with Crippen LogP contribution < -0.4 is 15.0 Å². The predicted octanol–water partition coefficient (Wildman–Crippen LogP) is 3.84. The molecule has 0 bridgehead atoms. The zero-order valence-electron chi connectivity index (χ0n) is 22.8. The van der Waals surface area contributed by atoms with E-state index in [9.17, 15) is 22.0 Å². The highest BCUT2D eigenvalue weighted by Crippen LogP contribution is 2.35. The number of anilines is 1. The second kappa shape index (κ2) is 10.9. The molecule has 1 N–H and O–H groups in total. The van der Waals surface area contributed by atoms with E-state index in [-0.39, 0.29) is 24.3 Å². The molecule has 1 saturated heterocycles. The number of halogens is 2. The topological polar surface area (TPSA) is 124 Å². The lowest BCUT2D eigenvalue weighted by Crippen LogP contribution is -2.45. The number of hydrogen-bond donors (Lipinski definition) is 1. The Balaban J connectivity index is 1.21. The van der Waals surface area contributed by atoms with Crippen LogP contribution in [0.4, 0.5) is 14.6 Å². The molecule has 0 radical (unpaired) electrons. The minimum absolute atomic E-state index is 0.0461. The van der Waals surface area contributed by atoms with Crippen molar-refractivity contribution in [1.82, 2.24) is 20.3 Å². The third-order valence-electron chi connectivity index (χ3n) is 7.07. The summed E-state index contributed by atoms with van der Waals surface area (Å²) in [4.78, 5) is 28.2. The molecule has 218 valence electrons. The van der Waals surface area contributed by atoms with Crippen molar-refractivity contribution in [2.45, 2.75) is 43.0 Å². The van der Waals surface area contributed by atoms with Crippen molar-refractivity contribution in [2.24, 2.45) is 0 Å². The Morgan fingerprint density at radius 2 is 1.83 bits per heavy atom. The van der Waals surface area contributed by atoms with E-state index in [0.717, 1.165) is 36.4 Å². The summed E-state index contributed by atoms with van der Waals surface area (Å²) < 4.78 is 63.8. The van der Waals surface area contributed by atoms with E-state index in [2.05, 4.69) is 15.2 Å². The number of rotatable bonds is 5. The average Bonchev–Trinajstić information content (AvgIpc) is 2.97. The summed E-state index contributed by atoms with van der Waals surface area (Å²) in [6, 6.07) is 13.0. The molecule has 5 heterocycles. The number of carbonyl (C=O) groups excluding carboxylic acids is 1. The van der Waals surface area contributed by atoms with Gasteiger partial charge in [-0.2, -0.15) is 0 Å². The first kappa shape index (κ1) is 27.9. The Labute approximate surface area is 240 Å². The highest BCUT2D eigenvalue weighted by Gasteiger charge is 2.38. The number of ether oxygens (including phenoxy) is 2. The number of amides is 1. The summed E-state index contributed by atoms with van der Waals surface area (Å²) in [7, 11) is -4.48. The van der Waals surface area contributed by atoms with Gasteiger partial charge in [0, 0.05) is 30.2 Å². The Hall–Kier alpha value is -4.23. The maximum atomic E-state index is 14.5. The molecule has 13 heteroatoms. The maximum absolute atomic E-state index is 14.5. The van der Waals surface area contributed by atoms with E-state index in [1.165, 1.54) is 0 Å². The molecule has 6 rings (SSSR count). The Kier molecular flexibility index (Phi) is 7.23. The average molecular weight is 596 g/mol. The SMILES string of the molecule is C[C@@H]1CN(c2cccc(-c3ccc4cnc(CNC(=O)c5cc(F)c6c(c5)S(=O)(=O)[C@@H](F)CO6)cc4n3)n2)C[C@H](C)O1. The molecular weight excluding hydrogens is 568 g/mol. The number of carbonyl (C=O) groups is 1. The number of pyridine rings is 3. The minimum atomic E-state index is -4.48. The molecule has 2 aliphatic rings. The highest BCUT2D eigenvalue weighted by molar-refractivity contribution is 7.92. The van der Waals surface area contributed by atoms with Crippen LogP contribution >= 0.6 is 0 Å². The van der Waals surface area contributed by atoms with E-state index >= 15 is 0 Å². The molecular formula is C29H27F2N5O5S. The molecule has 0 aliphatic carbocycles. The Bertz CT molecular complexity index is 1790. The fourth-order valence-electron chi connectivity index (χ4n) is 5.10. The molecule has 3 atom stereocenters. The van der Waals surface area contributed by atoms with Gasteiger partial charge >= 0.3 is 0 Å². The highest BCUT2D eigenvalue weighted by atomic mass is 32.2. The van der Waals surface area contributed by atoms with Gasteiger partial charge in [0.25, 0.3) is 5.91 Å². The van der Waals surface area contributed by atoms with E-state index in [1.807, 2.05) is 44.2 Å². The van der Waals surface area contributed by atoms with Gasteiger partial charge in [-0.25, -0.2) is 27.2 Å². The smallest absolute Gasteiger partial charge is 0.251 e. The molecule has 1 aromatic carbocycles. The van der Waals surface area contributed by atoms with Gasteiger partial charge in [-0.05, 0) is 56.3 Å². The third-order valence-corrected chi connectivity index (χ3v) is 8.80. The second-order valence-electron chi connectivity index (χ2n) is 10.3. The normalized spacial score (nSPS) is 21.4. The van der Waals surface area contributed by atoms with Crippen LogP contribution in [-0.2, 0) is 21.1 Å². The Morgan fingerprint density at radius 3 is 2.62 bits per heavy atom. The monoisotopic (exact) mass is 595 g/mol. The van der Waals surface area contributed by atoms with Crippen LogP contribution in [0.1, 0.15) is 29.9 Å². The molecule has 0 saturated carbocycles. The lowest BCUT2D eigenvalue weighted by atomic mass is 10.1. The summed E-state index contributed by atoms with van der Waals surface area (Å²) >= 11 is 0. The first-order valence-corrected chi connectivity index (χ1v) is 14.9. The van der Waals surface area contributed by atoms with Crippen molar-refractivity contribution in [3.05, 3.63) is 71.8 Å². The molecule has 3 aromatic heterocycles. The van der Waals surface area contributed by atoms with Gasteiger partial charge in [0.15, 0.2) is 11.6 Å². The van der Waals surface area contributed by atoms with E-state index in [0.29, 0.717) is 22.6 Å². The van der Waals surface area contributed by atoms with Crippen LogP contribution in [0.3, 0.4) is 0 Å². The largest absolute Gasteiger partial charge is 0.485 e. The van der Waals surface area contributed by atoms with Gasteiger partial charge in [-0.1, -0.05) is 6.07 Å². The van der Waals surface area contributed by atoms with Crippen LogP contribution in [0.25, 0.3) is 22.3 Å². The summed E-state index contributed by atoms with van der Waals surface area (Å²) in [5.74, 6) is -1.57. The van der Waals surface area contributed by atoms with Gasteiger partial charge in [0.1, 0.15) is 17.3 Å². The van der Waals surface area contributed by atoms with Crippen LogP contribution in [0.2, 0.25) is 0 Å². The second-order valence-corrected chi connectivity index (χ2v) is 12.4. The molecule has 2 aliphatic heterocycles. The van der Waals surface area contributed by atoms with Crippen molar-refractivity contribution in [3.8, 4) is 17.1 Å². The first-order chi connectivity index (χ1) is 20.1. The number of sulfone groups is 1. The van der Waals surface area contributed by atoms with E-state index < -0.39 is 44.3 Å². The van der Waals surface area contributed by atoms with E-state index in [1.54, 1.807) is 12.3 Å².